The van der Waals surface area contributed by atoms with Crippen molar-refractivity contribution < 1.29 is 9.15 Å². The van der Waals surface area contributed by atoms with Crippen LogP contribution in [0.5, 0.6) is 5.75 Å². The molecule has 3 nitrogen and oxygen atoms in total. The molecule has 0 radical (unpaired) electrons. The van der Waals surface area contributed by atoms with Crippen molar-refractivity contribution in [2.75, 3.05) is 6.54 Å². The third-order valence-corrected chi connectivity index (χ3v) is 3.43. The third kappa shape index (κ3) is 4.36. The third-order valence-electron chi connectivity index (χ3n) is 3.43. The Labute approximate surface area is 127 Å². The summed E-state index contributed by atoms with van der Waals surface area (Å²) in [6.45, 7) is 10.7. The predicted molar refractivity (Wildman–Crippen MR) is 85.7 cm³/mol. The van der Waals surface area contributed by atoms with Gasteiger partial charge in [-0.2, -0.15) is 0 Å². The number of benzene rings is 1. The molecule has 0 saturated heterocycles. The fourth-order valence-electron chi connectivity index (χ4n) is 2.24. The minimum Gasteiger partial charge on any atom is -0.485 e. The topological polar surface area (TPSA) is 34.4 Å². The van der Waals surface area contributed by atoms with Crippen molar-refractivity contribution >= 4 is 0 Å². The van der Waals surface area contributed by atoms with E-state index in [1.54, 1.807) is 0 Å². The molecule has 1 heterocycles. The molecule has 0 fully saturated rings. The van der Waals surface area contributed by atoms with Crippen molar-refractivity contribution in [1.82, 2.24) is 5.32 Å². The van der Waals surface area contributed by atoms with E-state index in [4.69, 9.17) is 9.15 Å². The number of furan rings is 1. The van der Waals surface area contributed by atoms with Gasteiger partial charge in [-0.3, -0.25) is 0 Å². The maximum absolute atomic E-state index is 5.97. The van der Waals surface area contributed by atoms with Gasteiger partial charge < -0.3 is 14.5 Å². The molecule has 1 N–H and O–H groups in total. The van der Waals surface area contributed by atoms with E-state index in [0.29, 0.717) is 12.5 Å². The van der Waals surface area contributed by atoms with Crippen LogP contribution in [0.2, 0.25) is 0 Å². The first-order valence-electron chi connectivity index (χ1n) is 7.61. The highest BCUT2D eigenvalue weighted by Gasteiger charge is 2.09. The number of nitrogens with one attached hydrogen (secondary N) is 1. The van der Waals surface area contributed by atoms with Gasteiger partial charge >= 0.3 is 0 Å². The van der Waals surface area contributed by atoms with Crippen molar-refractivity contribution in [2.24, 2.45) is 0 Å². The highest BCUT2D eigenvalue weighted by molar-refractivity contribution is 5.39. The second-order valence-electron chi connectivity index (χ2n) is 5.63. The quantitative estimate of drug-likeness (QED) is 0.819. The fraction of sp³-hybridized carbons (Fsp3) is 0.444. The molecule has 0 atom stereocenters. The first-order valence-corrected chi connectivity index (χ1v) is 7.61. The van der Waals surface area contributed by atoms with E-state index >= 15 is 0 Å². The monoisotopic (exact) mass is 287 g/mol. The maximum atomic E-state index is 5.97. The smallest absolute Gasteiger partial charge is 0.146 e. The van der Waals surface area contributed by atoms with Gasteiger partial charge in [-0.15, -0.1) is 0 Å². The van der Waals surface area contributed by atoms with E-state index in [1.165, 1.54) is 11.1 Å². The lowest BCUT2D eigenvalue weighted by Gasteiger charge is -2.14. The highest BCUT2D eigenvalue weighted by Crippen LogP contribution is 2.28. The second kappa shape index (κ2) is 7.32. The van der Waals surface area contributed by atoms with Crippen LogP contribution < -0.4 is 10.1 Å². The molecular weight excluding hydrogens is 262 g/mol. The van der Waals surface area contributed by atoms with Crippen molar-refractivity contribution in [3.8, 4) is 5.75 Å². The Morgan fingerprint density at radius 1 is 1.14 bits per heavy atom. The van der Waals surface area contributed by atoms with Crippen LogP contribution >= 0.6 is 0 Å². The molecule has 21 heavy (non-hydrogen) atoms. The van der Waals surface area contributed by atoms with E-state index < -0.39 is 0 Å². The summed E-state index contributed by atoms with van der Waals surface area (Å²) in [6.07, 6.45) is 0. The fourth-order valence-corrected chi connectivity index (χ4v) is 2.24. The van der Waals surface area contributed by atoms with Crippen LogP contribution in [0.3, 0.4) is 0 Å². The van der Waals surface area contributed by atoms with Crippen molar-refractivity contribution in [3.63, 3.8) is 0 Å². The maximum Gasteiger partial charge on any atom is 0.146 e. The lowest BCUT2D eigenvalue weighted by atomic mass is 10.0. The lowest BCUT2D eigenvalue weighted by Crippen LogP contribution is -2.10. The van der Waals surface area contributed by atoms with Crippen LogP contribution in [0.15, 0.2) is 34.7 Å². The first kappa shape index (κ1) is 15.6. The van der Waals surface area contributed by atoms with Crippen LogP contribution in [0.1, 0.15) is 49.3 Å². The Bertz CT molecular complexity index is 572. The summed E-state index contributed by atoms with van der Waals surface area (Å²) < 4.78 is 11.7. The van der Waals surface area contributed by atoms with Crippen molar-refractivity contribution in [3.05, 3.63) is 53.0 Å². The molecule has 3 heteroatoms. The molecule has 0 bridgehead atoms. The van der Waals surface area contributed by atoms with Gasteiger partial charge in [-0.05, 0) is 48.7 Å². The molecule has 0 spiro atoms. The number of ether oxygens (including phenoxy) is 1. The normalized spacial score (nSPS) is 11.1. The van der Waals surface area contributed by atoms with Gasteiger partial charge in [0.05, 0.1) is 6.54 Å². The van der Waals surface area contributed by atoms with Gasteiger partial charge in [0.1, 0.15) is 23.9 Å². The van der Waals surface area contributed by atoms with Crippen LogP contribution in [0.4, 0.5) is 0 Å². The van der Waals surface area contributed by atoms with Crippen LogP contribution in [0, 0.1) is 6.92 Å². The molecule has 0 aliphatic rings. The lowest BCUT2D eigenvalue weighted by molar-refractivity contribution is 0.262. The SMILES string of the molecule is CCNCc1ccc(COc2cc(C)ccc2C(C)C)o1. The van der Waals surface area contributed by atoms with E-state index in [-0.39, 0.29) is 0 Å². The van der Waals surface area contributed by atoms with Gasteiger partial charge in [0.25, 0.3) is 0 Å². The van der Waals surface area contributed by atoms with E-state index in [0.717, 1.165) is 30.4 Å². The summed E-state index contributed by atoms with van der Waals surface area (Å²) in [5.74, 6) is 3.21. The minimum atomic E-state index is 0.446. The number of hydrogen-bond acceptors (Lipinski definition) is 3. The molecule has 0 amide bonds. The molecule has 0 unspecified atom stereocenters. The van der Waals surface area contributed by atoms with Gasteiger partial charge in [-0.1, -0.05) is 32.9 Å². The standard InChI is InChI=1S/C18H25NO2/c1-5-19-11-15-7-8-16(21-15)12-20-18-10-14(4)6-9-17(18)13(2)3/h6-10,13,19H,5,11-12H2,1-4H3. The zero-order chi connectivity index (χ0) is 15.2. The molecule has 0 aliphatic heterocycles. The molecule has 114 valence electrons. The van der Waals surface area contributed by atoms with Gasteiger partial charge in [0, 0.05) is 0 Å². The average Bonchev–Trinajstić information content (AvgIpc) is 2.90. The Kier molecular flexibility index (Phi) is 5.45. The molecule has 1 aromatic carbocycles. The summed E-state index contributed by atoms with van der Waals surface area (Å²) >= 11 is 0. The number of aryl methyl sites for hydroxylation is 1. The van der Waals surface area contributed by atoms with E-state index in [1.807, 2.05) is 12.1 Å². The van der Waals surface area contributed by atoms with Gasteiger partial charge in [-0.25, -0.2) is 0 Å². The Morgan fingerprint density at radius 3 is 2.62 bits per heavy atom. The average molecular weight is 287 g/mol. The molecule has 2 aromatic rings. The summed E-state index contributed by atoms with van der Waals surface area (Å²) in [5, 5.41) is 3.25. The van der Waals surface area contributed by atoms with Gasteiger partial charge in [0.15, 0.2) is 0 Å². The summed E-state index contributed by atoms with van der Waals surface area (Å²) in [4.78, 5) is 0. The van der Waals surface area contributed by atoms with E-state index in [9.17, 15) is 0 Å². The first-order chi connectivity index (χ1) is 10.1. The number of hydrogen-bond donors (Lipinski definition) is 1. The zero-order valence-corrected chi connectivity index (χ0v) is 13.4. The predicted octanol–water partition coefficient (Wildman–Crippen LogP) is 4.40. The van der Waals surface area contributed by atoms with Gasteiger partial charge in [0.2, 0.25) is 0 Å². The Morgan fingerprint density at radius 2 is 1.90 bits per heavy atom. The van der Waals surface area contributed by atoms with Crippen LogP contribution in [0.25, 0.3) is 0 Å². The number of rotatable bonds is 7. The highest BCUT2D eigenvalue weighted by atomic mass is 16.5. The van der Waals surface area contributed by atoms with E-state index in [2.05, 4.69) is 51.2 Å². The minimum absolute atomic E-state index is 0.446. The molecule has 0 aliphatic carbocycles. The van der Waals surface area contributed by atoms with Crippen molar-refractivity contribution in [1.29, 1.82) is 0 Å². The second-order valence-corrected chi connectivity index (χ2v) is 5.63. The Hall–Kier alpha value is -1.74. The molecule has 2 rings (SSSR count). The summed E-state index contributed by atoms with van der Waals surface area (Å²) in [6, 6.07) is 10.4. The molecule has 0 saturated carbocycles. The van der Waals surface area contributed by atoms with Crippen molar-refractivity contribution in [2.45, 2.75) is 46.8 Å². The van der Waals surface area contributed by atoms with Crippen LogP contribution in [-0.4, -0.2) is 6.54 Å². The molecule has 1 aromatic heterocycles. The van der Waals surface area contributed by atoms with Crippen LogP contribution in [-0.2, 0) is 13.2 Å². The Balaban J connectivity index is 2.02. The largest absolute Gasteiger partial charge is 0.485 e. The molecular formula is C18H25NO2. The summed E-state index contributed by atoms with van der Waals surface area (Å²) in [5.41, 5.74) is 2.45. The zero-order valence-electron chi connectivity index (χ0n) is 13.4. The summed E-state index contributed by atoms with van der Waals surface area (Å²) in [7, 11) is 0.